The Balaban J connectivity index is 1.14. The van der Waals surface area contributed by atoms with Crippen LogP contribution in [0, 0.1) is 5.92 Å². The lowest BCUT2D eigenvalue weighted by molar-refractivity contribution is -0.216. The summed E-state index contributed by atoms with van der Waals surface area (Å²) in [6.07, 6.45) is 10.7. The first kappa shape index (κ1) is 24.9. The van der Waals surface area contributed by atoms with Gasteiger partial charge >= 0.3 is 0 Å². The van der Waals surface area contributed by atoms with Crippen LogP contribution in [-0.4, -0.2) is 42.3 Å². The Bertz CT molecular complexity index is 1360. The van der Waals surface area contributed by atoms with Gasteiger partial charge in [0.15, 0.2) is 11.5 Å². The molecule has 2 bridgehead atoms. The van der Waals surface area contributed by atoms with Crippen LogP contribution in [0.2, 0.25) is 0 Å². The molecule has 208 valence electrons. The first-order chi connectivity index (χ1) is 19.8. The molecule has 0 aromatic heterocycles. The van der Waals surface area contributed by atoms with Gasteiger partial charge in [-0.3, -0.25) is 4.90 Å². The highest BCUT2D eigenvalue weighted by atomic mass is 16.5. The fraction of sp³-hybridized carbons (Fsp3) is 0.500. The summed E-state index contributed by atoms with van der Waals surface area (Å²) in [5.74, 6) is 2.81. The molecule has 0 amide bonds. The second-order valence-corrected chi connectivity index (χ2v) is 12.9. The lowest BCUT2D eigenvalue weighted by Crippen LogP contribution is -2.76. The highest BCUT2D eigenvalue weighted by molar-refractivity contribution is 5.62. The molecule has 3 aromatic carbocycles. The van der Waals surface area contributed by atoms with Gasteiger partial charge in [-0.25, -0.2) is 0 Å². The van der Waals surface area contributed by atoms with Gasteiger partial charge in [-0.1, -0.05) is 66.7 Å². The Kier molecular flexibility index (Phi) is 6.18. The molecule has 4 atom stereocenters. The maximum absolute atomic E-state index is 7.35. The third kappa shape index (κ3) is 3.94. The van der Waals surface area contributed by atoms with Crippen molar-refractivity contribution in [1.82, 2.24) is 4.90 Å². The Morgan fingerprint density at radius 2 is 1.68 bits per heavy atom. The summed E-state index contributed by atoms with van der Waals surface area (Å²) in [5.41, 5.74) is 5.24. The first-order valence-electron chi connectivity index (χ1n) is 15.7. The fourth-order valence-corrected chi connectivity index (χ4v) is 8.75. The zero-order valence-corrected chi connectivity index (χ0v) is 23.5. The average Bonchev–Trinajstić information content (AvgIpc) is 3.75. The fourth-order valence-electron chi connectivity index (χ4n) is 8.75. The van der Waals surface area contributed by atoms with E-state index in [9.17, 15) is 0 Å². The predicted octanol–water partition coefficient (Wildman–Crippen LogP) is 6.88. The van der Waals surface area contributed by atoms with E-state index in [1.807, 2.05) is 0 Å². The summed E-state index contributed by atoms with van der Waals surface area (Å²) in [6.45, 7) is 3.77. The van der Waals surface area contributed by atoms with Crippen molar-refractivity contribution in [2.24, 2.45) is 5.92 Å². The van der Waals surface area contributed by atoms with Gasteiger partial charge in [0.2, 0.25) is 0 Å². The molecule has 1 unspecified atom stereocenters. The molecule has 3 aromatic rings. The highest BCUT2D eigenvalue weighted by Crippen LogP contribution is 2.67. The van der Waals surface area contributed by atoms with Crippen molar-refractivity contribution in [1.29, 1.82) is 0 Å². The van der Waals surface area contributed by atoms with E-state index in [0.29, 0.717) is 12.6 Å². The molecule has 8 rings (SSSR count). The largest absolute Gasteiger partial charge is 0.485 e. The number of aryl methyl sites for hydroxylation is 1. The van der Waals surface area contributed by atoms with Crippen LogP contribution in [0.4, 0.5) is 0 Å². The van der Waals surface area contributed by atoms with Crippen molar-refractivity contribution in [2.75, 3.05) is 19.7 Å². The molecular formula is C36H41NO3. The van der Waals surface area contributed by atoms with Crippen LogP contribution in [0.25, 0.3) is 0 Å². The van der Waals surface area contributed by atoms with Crippen molar-refractivity contribution in [3.63, 3.8) is 0 Å². The zero-order valence-electron chi connectivity index (χ0n) is 23.5. The molecule has 4 heteroatoms. The molecular weight excluding hydrogens is 494 g/mol. The van der Waals surface area contributed by atoms with Gasteiger partial charge in [0.1, 0.15) is 12.7 Å². The van der Waals surface area contributed by atoms with Crippen LogP contribution >= 0.6 is 0 Å². The summed E-state index contributed by atoms with van der Waals surface area (Å²) in [5, 5.41) is 0. The second-order valence-electron chi connectivity index (χ2n) is 12.9. The van der Waals surface area contributed by atoms with Gasteiger partial charge in [0, 0.05) is 24.8 Å². The van der Waals surface area contributed by atoms with Gasteiger partial charge in [-0.15, -0.1) is 0 Å². The minimum Gasteiger partial charge on any atom is -0.485 e. The zero-order chi connectivity index (χ0) is 26.6. The van der Waals surface area contributed by atoms with E-state index in [4.69, 9.17) is 14.2 Å². The van der Waals surface area contributed by atoms with Gasteiger partial charge < -0.3 is 14.2 Å². The van der Waals surface area contributed by atoms with Crippen LogP contribution in [0.3, 0.4) is 0 Å². The summed E-state index contributed by atoms with van der Waals surface area (Å²) in [6, 6.07) is 26.3. The number of hydrogen-bond donors (Lipinski definition) is 0. The number of nitrogens with zero attached hydrogens (tertiary/aromatic N) is 1. The van der Waals surface area contributed by atoms with Gasteiger partial charge in [-0.2, -0.15) is 0 Å². The quantitative estimate of drug-likeness (QED) is 0.265. The third-order valence-corrected chi connectivity index (χ3v) is 10.7. The Labute approximate surface area is 238 Å². The second kappa shape index (κ2) is 9.92. The van der Waals surface area contributed by atoms with Gasteiger partial charge in [0.25, 0.3) is 0 Å². The molecule has 3 fully saturated rings. The summed E-state index contributed by atoms with van der Waals surface area (Å²) >= 11 is 0. The van der Waals surface area contributed by atoms with Crippen LogP contribution in [0.5, 0.6) is 11.5 Å². The third-order valence-electron chi connectivity index (χ3n) is 10.7. The van der Waals surface area contributed by atoms with Crippen molar-refractivity contribution >= 4 is 0 Å². The SMILES string of the molecule is c1ccc(CCCO[C@@]23CCCC4Oc5c(OCc6ccccc6)ccc6c5[C@@]42CCN(CC2CC2)[C@@H]3C6)cc1. The van der Waals surface area contributed by atoms with Crippen LogP contribution in [-0.2, 0) is 29.6 Å². The normalized spacial score (nSPS) is 30.0. The lowest BCUT2D eigenvalue weighted by Gasteiger charge is -2.65. The summed E-state index contributed by atoms with van der Waals surface area (Å²) < 4.78 is 20.8. The van der Waals surface area contributed by atoms with E-state index in [-0.39, 0.29) is 17.1 Å². The van der Waals surface area contributed by atoms with Gasteiger partial charge in [0.05, 0.1) is 11.0 Å². The first-order valence-corrected chi connectivity index (χ1v) is 15.7. The van der Waals surface area contributed by atoms with Crippen molar-refractivity contribution in [3.8, 4) is 11.5 Å². The molecule has 1 spiro atoms. The number of rotatable bonds is 10. The molecule has 1 saturated heterocycles. The van der Waals surface area contributed by atoms with Crippen molar-refractivity contribution in [3.05, 3.63) is 95.1 Å². The van der Waals surface area contributed by atoms with Gasteiger partial charge in [-0.05, 0) is 93.0 Å². The number of hydrogen-bond acceptors (Lipinski definition) is 4. The van der Waals surface area contributed by atoms with Crippen LogP contribution < -0.4 is 9.47 Å². The molecule has 5 aliphatic rings. The molecule has 0 radical (unpaired) electrons. The highest BCUT2D eigenvalue weighted by Gasteiger charge is 2.72. The van der Waals surface area contributed by atoms with Crippen molar-refractivity contribution < 1.29 is 14.2 Å². The summed E-state index contributed by atoms with van der Waals surface area (Å²) in [4.78, 5) is 2.84. The average molecular weight is 536 g/mol. The van der Waals surface area contributed by atoms with E-state index in [0.717, 1.165) is 69.1 Å². The maximum Gasteiger partial charge on any atom is 0.165 e. The van der Waals surface area contributed by atoms with Crippen LogP contribution in [0.15, 0.2) is 72.8 Å². The molecule has 0 N–H and O–H groups in total. The standard InChI is InChI=1S/C36H41NO3/c1-3-9-26(10-4-1)13-8-22-39-36-19-7-14-32-35(36)20-21-37(24-27-15-16-27)31(36)23-29-17-18-30(34(40-32)33(29)35)38-25-28-11-5-2-6-12-28/h1-6,9-12,17-18,27,31-32H,7-8,13-16,19-25H2/t31-,32?,35-,36-/m1/s1. The maximum atomic E-state index is 7.35. The van der Waals surface area contributed by atoms with E-state index >= 15 is 0 Å². The minimum absolute atomic E-state index is 0.0717. The number of benzene rings is 3. The Morgan fingerprint density at radius 3 is 2.48 bits per heavy atom. The van der Waals surface area contributed by atoms with Crippen LogP contribution in [0.1, 0.15) is 67.2 Å². The predicted molar refractivity (Wildman–Crippen MR) is 157 cm³/mol. The number of likely N-dealkylation sites (tertiary alicyclic amines) is 1. The Hall–Kier alpha value is -2.82. The molecule has 2 heterocycles. The molecule has 40 heavy (non-hydrogen) atoms. The minimum atomic E-state index is -0.184. The topological polar surface area (TPSA) is 30.9 Å². The van der Waals surface area contributed by atoms with E-state index in [1.54, 1.807) is 0 Å². The smallest absolute Gasteiger partial charge is 0.165 e. The lowest BCUT2D eigenvalue weighted by atomic mass is 9.49. The molecule has 3 aliphatic carbocycles. The monoisotopic (exact) mass is 535 g/mol. The molecule has 2 saturated carbocycles. The van der Waals surface area contributed by atoms with Crippen molar-refractivity contribution in [2.45, 2.75) is 87.6 Å². The molecule has 4 nitrogen and oxygen atoms in total. The summed E-state index contributed by atoms with van der Waals surface area (Å²) in [7, 11) is 0. The number of piperidine rings is 1. The Morgan fingerprint density at radius 1 is 0.875 bits per heavy atom. The van der Waals surface area contributed by atoms with E-state index in [2.05, 4.69) is 77.7 Å². The van der Waals surface area contributed by atoms with E-state index in [1.165, 1.54) is 48.1 Å². The van der Waals surface area contributed by atoms with E-state index < -0.39 is 0 Å². The molecule has 2 aliphatic heterocycles. The number of ether oxygens (including phenoxy) is 3.